The van der Waals surface area contributed by atoms with Gasteiger partial charge in [-0.25, -0.2) is 0 Å². The number of hydrogen-bond acceptors (Lipinski definition) is 4. The van der Waals surface area contributed by atoms with Crippen LogP contribution in [0.3, 0.4) is 0 Å². The van der Waals surface area contributed by atoms with E-state index in [9.17, 15) is 4.79 Å². The van der Waals surface area contributed by atoms with Gasteiger partial charge in [-0.05, 0) is 19.9 Å². The van der Waals surface area contributed by atoms with Gasteiger partial charge in [0.1, 0.15) is 6.04 Å². The standard InChI is InChI=1S/C11H17N3O2/c1-7-5-9(10(16-4)6-13-7)14-8(2)11(15)12-3/h5-6,8H,1-4H3,(H,12,15)(H,13,14). The van der Waals surface area contributed by atoms with Crippen LogP contribution in [0.5, 0.6) is 5.75 Å². The fourth-order valence-electron chi connectivity index (χ4n) is 1.34. The summed E-state index contributed by atoms with van der Waals surface area (Å²) in [7, 11) is 3.18. The first-order valence-corrected chi connectivity index (χ1v) is 5.07. The Morgan fingerprint density at radius 1 is 1.56 bits per heavy atom. The molecule has 5 nitrogen and oxygen atoms in total. The van der Waals surface area contributed by atoms with E-state index < -0.39 is 0 Å². The topological polar surface area (TPSA) is 63.2 Å². The molecule has 0 aliphatic heterocycles. The SMILES string of the molecule is CNC(=O)C(C)Nc1cc(C)ncc1OC. The van der Waals surface area contributed by atoms with E-state index in [0.29, 0.717) is 5.75 Å². The third kappa shape index (κ3) is 2.85. The van der Waals surface area contributed by atoms with Crippen molar-refractivity contribution in [1.29, 1.82) is 0 Å². The number of hydrogen-bond donors (Lipinski definition) is 2. The van der Waals surface area contributed by atoms with Crippen LogP contribution >= 0.6 is 0 Å². The summed E-state index contributed by atoms with van der Waals surface area (Å²) in [4.78, 5) is 15.5. The number of anilines is 1. The van der Waals surface area contributed by atoms with Gasteiger partial charge in [0, 0.05) is 12.7 Å². The number of ether oxygens (including phenoxy) is 1. The van der Waals surface area contributed by atoms with Crippen LogP contribution in [0.1, 0.15) is 12.6 Å². The molecule has 16 heavy (non-hydrogen) atoms. The molecule has 1 rings (SSSR count). The molecule has 0 bridgehead atoms. The fraction of sp³-hybridized carbons (Fsp3) is 0.455. The molecule has 0 radical (unpaired) electrons. The Morgan fingerprint density at radius 3 is 2.81 bits per heavy atom. The Morgan fingerprint density at radius 2 is 2.25 bits per heavy atom. The number of carbonyl (C=O) groups is 1. The van der Waals surface area contributed by atoms with Crippen molar-refractivity contribution < 1.29 is 9.53 Å². The van der Waals surface area contributed by atoms with Crippen LogP contribution in [0.15, 0.2) is 12.3 Å². The van der Waals surface area contributed by atoms with Crippen molar-refractivity contribution in [2.75, 3.05) is 19.5 Å². The van der Waals surface area contributed by atoms with Crippen molar-refractivity contribution in [3.05, 3.63) is 18.0 Å². The summed E-state index contributed by atoms with van der Waals surface area (Å²) in [6, 6.07) is 1.53. The van der Waals surface area contributed by atoms with Gasteiger partial charge in [-0.15, -0.1) is 0 Å². The van der Waals surface area contributed by atoms with Crippen LogP contribution in [-0.2, 0) is 4.79 Å². The molecule has 0 aliphatic rings. The quantitative estimate of drug-likeness (QED) is 0.797. The van der Waals surface area contributed by atoms with E-state index in [1.807, 2.05) is 13.0 Å². The number of nitrogens with zero attached hydrogens (tertiary/aromatic N) is 1. The lowest BCUT2D eigenvalue weighted by Gasteiger charge is -2.16. The molecule has 1 atom stereocenters. The minimum Gasteiger partial charge on any atom is -0.493 e. The second-order valence-electron chi connectivity index (χ2n) is 3.51. The van der Waals surface area contributed by atoms with Gasteiger partial charge in [0.15, 0.2) is 5.75 Å². The summed E-state index contributed by atoms with van der Waals surface area (Å²) in [6.45, 7) is 3.67. The summed E-state index contributed by atoms with van der Waals surface area (Å²) < 4.78 is 5.16. The molecule has 5 heteroatoms. The van der Waals surface area contributed by atoms with Gasteiger partial charge in [0.25, 0.3) is 0 Å². The Labute approximate surface area is 95.2 Å². The highest BCUT2D eigenvalue weighted by Crippen LogP contribution is 2.24. The highest BCUT2D eigenvalue weighted by Gasteiger charge is 2.13. The molecule has 1 amide bonds. The lowest BCUT2D eigenvalue weighted by atomic mass is 10.2. The molecule has 88 valence electrons. The Balaban J connectivity index is 2.86. The average Bonchev–Trinajstić information content (AvgIpc) is 2.28. The number of pyridine rings is 1. The number of rotatable bonds is 4. The molecule has 1 aromatic heterocycles. The van der Waals surface area contributed by atoms with Crippen molar-refractivity contribution in [3.63, 3.8) is 0 Å². The largest absolute Gasteiger partial charge is 0.493 e. The lowest BCUT2D eigenvalue weighted by Crippen LogP contribution is -2.35. The first-order chi connectivity index (χ1) is 7.58. The van der Waals surface area contributed by atoms with Crippen molar-refractivity contribution in [2.24, 2.45) is 0 Å². The first kappa shape index (κ1) is 12.3. The van der Waals surface area contributed by atoms with Crippen molar-refractivity contribution >= 4 is 11.6 Å². The molecular formula is C11H17N3O2. The molecular weight excluding hydrogens is 206 g/mol. The molecule has 0 saturated carbocycles. The van der Waals surface area contributed by atoms with Crippen LogP contribution in [0.4, 0.5) is 5.69 Å². The van der Waals surface area contributed by atoms with Crippen molar-refractivity contribution in [2.45, 2.75) is 19.9 Å². The maximum atomic E-state index is 11.4. The average molecular weight is 223 g/mol. The molecule has 1 heterocycles. The zero-order valence-electron chi connectivity index (χ0n) is 10.00. The molecule has 1 aromatic rings. The summed E-state index contributed by atoms with van der Waals surface area (Å²) >= 11 is 0. The zero-order valence-corrected chi connectivity index (χ0v) is 10.00. The number of carbonyl (C=O) groups excluding carboxylic acids is 1. The summed E-state index contributed by atoms with van der Waals surface area (Å²) in [5, 5.41) is 5.66. The van der Waals surface area contributed by atoms with Crippen molar-refractivity contribution in [3.8, 4) is 5.75 Å². The molecule has 0 aromatic carbocycles. The van der Waals surface area contributed by atoms with E-state index in [-0.39, 0.29) is 11.9 Å². The molecule has 0 fully saturated rings. The smallest absolute Gasteiger partial charge is 0.241 e. The lowest BCUT2D eigenvalue weighted by molar-refractivity contribution is -0.121. The summed E-state index contributed by atoms with van der Waals surface area (Å²) in [5.74, 6) is 0.554. The van der Waals surface area contributed by atoms with Gasteiger partial charge in [-0.1, -0.05) is 0 Å². The normalized spacial score (nSPS) is 11.8. The number of nitrogens with one attached hydrogen (secondary N) is 2. The molecule has 0 aliphatic carbocycles. The Hall–Kier alpha value is -1.78. The highest BCUT2D eigenvalue weighted by atomic mass is 16.5. The van der Waals surface area contributed by atoms with Crippen LogP contribution in [0.2, 0.25) is 0 Å². The van der Waals surface area contributed by atoms with Crippen LogP contribution in [0.25, 0.3) is 0 Å². The second-order valence-corrected chi connectivity index (χ2v) is 3.51. The van der Waals surface area contributed by atoms with Gasteiger partial charge in [-0.2, -0.15) is 0 Å². The van der Waals surface area contributed by atoms with E-state index in [1.165, 1.54) is 0 Å². The van der Waals surface area contributed by atoms with Gasteiger partial charge in [-0.3, -0.25) is 9.78 Å². The van der Waals surface area contributed by atoms with E-state index in [1.54, 1.807) is 27.3 Å². The van der Waals surface area contributed by atoms with E-state index >= 15 is 0 Å². The van der Waals surface area contributed by atoms with Gasteiger partial charge < -0.3 is 15.4 Å². The second kappa shape index (κ2) is 5.34. The molecule has 1 unspecified atom stereocenters. The Kier molecular flexibility index (Phi) is 4.10. The summed E-state index contributed by atoms with van der Waals surface area (Å²) in [5.41, 5.74) is 1.64. The molecule has 2 N–H and O–H groups in total. The predicted octanol–water partition coefficient (Wildman–Crippen LogP) is 0.945. The van der Waals surface area contributed by atoms with Crippen LogP contribution in [0, 0.1) is 6.92 Å². The minimum atomic E-state index is -0.319. The third-order valence-electron chi connectivity index (χ3n) is 2.24. The van der Waals surface area contributed by atoms with Crippen LogP contribution < -0.4 is 15.4 Å². The highest BCUT2D eigenvalue weighted by molar-refractivity contribution is 5.84. The molecule has 0 spiro atoms. The van der Waals surface area contributed by atoms with Crippen molar-refractivity contribution in [1.82, 2.24) is 10.3 Å². The van der Waals surface area contributed by atoms with E-state index in [2.05, 4.69) is 15.6 Å². The maximum Gasteiger partial charge on any atom is 0.241 e. The monoisotopic (exact) mass is 223 g/mol. The number of amides is 1. The van der Waals surface area contributed by atoms with Gasteiger partial charge >= 0.3 is 0 Å². The Bertz CT molecular complexity index is 379. The van der Waals surface area contributed by atoms with E-state index in [0.717, 1.165) is 11.4 Å². The fourth-order valence-corrected chi connectivity index (χ4v) is 1.34. The van der Waals surface area contributed by atoms with Crippen LogP contribution in [-0.4, -0.2) is 31.1 Å². The minimum absolute atomic E-state index is 0.0727. The maximum absolute atomic E-state index is 11.4. The third-order valence-corrected chi connectivity index (χ3v) is 2.24. The summed E-state index contributed by atoms with van der Waals surface area (Å²) in [6.07, 6.45) is 1.63. The van der Waals surface area contributed by atoms with Gasteiger partial charge in [0.05, 0.1) is 19.0 Å². The van der Waals surface area contributed by atoms with Gasteiger partial charge in [0.2, 0.25) is 5.91 Å². The molecule has 0 saturated heterocycles. The zero-order chi connectivity index (χ0) is 12.1. The number of likely N-dealkylation sites (N-methyl/N-ethyl adjacent to an activating group) is 1. The van der Waals surface area contributed by atoms with E-state index in [4.69, 9.17) is 4.74 Å². The number of aryl methyl sites for hydroxylation is 1. The number of aromatic nitrogens is 1. The predicted molar refractivity (Wildman–Crippen MR) is 62.7 cm³/mol. The number of methoxy groups -OCH3 is 1. The first-order valence-electron chi connectivity index (χ1n) is 5.07.